The van der Waals surface area contributed by atoms with E-state index < -0.39 is 43.4 Å². The van der Waals surface area contributed by atoms with E-state index >= 15 is 0 Å². The quantitative estimate of drug-likeness (QED) is 0.0271. The van der Waals surface area contributed by atoms with Crippen molar-refractivity contribution in [3.63, 3.8) is 0 Å². The third kappa shape index (κ3) is 32.1. The van der Waals surface area contributed by atoms with Gasteiger partial charge in [-0.05, 0) is 83.5 Å². The van der Waals surface area contributed by atoms with Crippen molar-refractivity contribution in [2.45, 2.75) is 205 Å². The van der Waals surface area contributed by atoms with Gasteiger partial charge in [0.2, 0.25) is 0 Å². The first-order valence-corrected chi connectivity index (χ1v) is 23.7. The van der Waals surface area contributed by atoms with Crippen LogP contribution in [0, 0.1) is 0 Å². The number of allylic oxidation sites excluding steroid dienone is 14. The first-order chi connectivity index (χ1) is 29.4. The number of esters is 1. The highest BCUT2D eigenvalue weighted by Gasteiger charge is 2.44. The van der Waals surface area contributed by atoms with Gasteiger partial charge in [-0.25, -0.2) is 0 Å². The van der Waals surface area contributed by atoms with Crippen molar-refractivity contribution in [3.8, 4) is 0 Å². The molecule has 0 spiro atoms. The normalized spacial score (nSPS) is 20.8. The lowest BCUT2D eigenvalue weighted by Gasteiger charge is -2.39. The summed E-state index contributed by atoms with van der Waals surface area (Å²) in [5.74, 6) is -0.331. The molecule has 0 saturated carbocycles. The largest absolute Gasteiger partial charge is 0.457 e. The standard InChI is InChI=1S/C51H86O9/c1-3-5-7-9-11-13-15-17-19-21-22-23-24-25-26-28-30-32-34-36-38-40-47(53)59-45(44-58-51-50(56)49(55)48(54)46(42-52)60-51)43-57-41-39-37-35-33-31-29-27-20-18-16-14-12-10-8-6-4-2/h5-8,11-14,17-20,22-23,45-46,48-52,54-56H,3-4,9-10,15-16,21,24-44H2,1-2H3/b7-5-,8-6-,13-11-,14-12-,19-17-,20-18-,23-22-. The minimum atomic E-state index is -1.55. The molecule has 0 aromatic carbocycles. The van der Waals surface area contributed by atoms with Crippen LogP contribution < -0.4 is 0 Å². The van der Waals surface area contributed by atoms with Crippen LogP contribution in [0.1, 0.15) is 168 Å². The molecule has 344 valence electrons. The Kier molecular flexibility index (Phi) is 38.5. The van der Waals surface area contributed by atoms with E-state index in [9.17, 15) is 25.2 Å². The lowest BCUT2D eigenvalue weighted by molar-refractivity contribution is -0.305. The van der Waals surface area contributed by atoms with E-state index in [1.807, 2.05) is 0 Å². The molecular formula is C51H86O9. The van der Waals surface area contributed by atoms with Crippen molar-refractivity contribution in [3.05, 3.63) is 85.1 Å². The van der Waals surface area contributed by atoms with Gasteiger partial charge in [0.25, 0.3) is 0 Å². The molecule has 9 nitrogen and oxygen atoms in total. The molecule has 1 aliphatic rings. The Labute approximate surface area is 365 Å². The highest BCUT2D eigenvalue weighted by Crippen LogP contribution is 2.22. The van der Waals surface area contributed by atoms with Crippen LogP contribution in [0.3, 0.4) is 0 Å². The molecule has 1 fully saturated rings. The molecule has 1 heterocycles. The SMILES string of the molecule is CC/C=C\C/C=C\C/C=C\C/C=C\CCCCCCCCCCC(=O)OC(COCCCCCCCC/C=C\C/C=C\C/C=C\CC)COC1OC(CO)C(O)C(O)C1O. The molecule has 60 heavy (non-hydrogen) atoms. The third-order valence-corrected chi connectivity index (χ3v) is 10.3. The van der Waals surface area contributed by atoms with Crippen molar-refractivity contribution in [1.29, 1.82) is 0 Å². The summed E-state index contributed by atoms with van der Waals surface area (Å²) in [4.78, 5) is 12.8. The molecule has 0 aromatic rings. The zero-order chi connectivity index (χ0) is 43.6. The van der Waals surface area contributed by atoms with Crippen LogP contribution in [-0.2, 0) is 23.7 Å². The van der Waals surface area contributed by atoms with E-state index in [4.69, 9.17) is 18.9 Å². The highest BCUT2D eigenvalue weighted by molar-refractivity contribution is 5.69. The predicted molar refractivity (Wildman–Crippen MR) is 247 cm³/mol. The van der Waals surface area contributed by atoms with Crippen LogP contribution >= 0.6 is 0 Å². The van der Waals surface area contributed by atoms with Crippen molar-refractivity contribution in [1.82, 2.24) is 0 Å². The number of carbonyl (C=O) groups is 1. The van der Waals surface area contributed by atoms with Gasteiger partial charge in [0, 0.05) is 13.0 Å². The number of ether oxygens (including phenoxy) is 4. The Hall–Kier alpha value is -2.63. The summed E-state index contributed by atoms with van der Waals surface area (Å²) >= 11 is 0. The van der Waals surface area contributed by atoms with Crippen LogP contribution in [0.25, 0.3) is 0 Å². The van der Waals surface area contributed by atoms with Gasteiger partial charge >= 0.3 is 5.97 Å². The number of carbonyl (C=O) groups excluding carboxylic acids is 1. The van der Waals surface area contributed by atoms with Crippen LogP contribution in [-0.4, -0.2) is 89.6 Å². The number of aliphatic hydroxyl groups is 4. The fourth-order valence-corrected chi connectivity index (χ4v) is 6.67. The number of unbranched alkanes of at least 4 members (excludes halogenated alkanes) is 14. The third-order valence-electron chi connectivity index (χ3n) is 10.3. The summed E-state index contributed by atoms with van der Waals surface area (Å²) in [7, 11) is 0. The number of rotatable bonds is 39. The van der Waals surface area contributed by atoms with Gasteiger partial charge in [0.1, 0.15) is 30.5 Å². The maximum Gasteiger partial charge on any atom is 0.306 e. The Balaban J connectivity index is 2.26. The monoisotopic (exact) mass is 843 g/mol. The van der Waals surface area contributed by atoms with E-state index in [2.05, 4.69) is 98.9 Å². The summed E-state index contributed by atoms with van der Waals surface area (Å²) in [6.07, 6.45) is 48.9. The summed E-state index contributed by atoms with van der Waals surface area (Å²) in [5.41, 5.74) is 0. The van der Waals surface area contributed by atoms with Crippen LogP contribution in [0.4, 0.5) is 0 Å². The predicted octanol–water partition coefficient (Wildman–Crippen LogP) is 11.0. The molecule has 6 unspecified atom stereocenters. The van der Waals surface area contributed by atoms with Gasteiger partial charge in [-0.1, -0.05) is 163 Å². The van der Waals surface area contributed by atoms with E-state index in [-0.39, 0.29) is 19.2 Å². The second-order valence-electron chi connectivity index (χ2n) is 15.8. The van der Waals surface area contributed by atoms with Crippen molar-refractivity contribution in [2.75, 3.05) is 26.4 Å². The zero-order valence-corrected chi connectivity index (χ0v) is 37.7. The molecule has 9 heteroatoms. The van der Waals surface area contributed by atoms with Gasteiger partial charge in [0.15, 0.2) is 6.29 Å². The summed E-state index contributed by atoms with van der Waals surface area (Å²) in [6, 6.07) is 0. The van der Waals surface area contributed by atoms with E-state index in [1.54, 1.807) is 0 Å². The van der Waals surface area contributed by atoms with Crippen LogP contribution in [0.2, 0.25) is 0 Å². The van der Waals surface area contributed by atoms with E-state index in [0.717, 1.165) is 103 Å². The lowest BCUT2D eigenvalue weighted by atomic mass is 9.99. The van der Waals surface area contributed by atoms with Gasteiger partial charge < -0.3 is 39.4 Å². The summed E-state index contributed by atoms with van der Waals surface area (Å²) in [6.45, 7) is 4.28. The molecule has 0 amide bonds. The fourth-order valence-electron chi connectivity index (χ4n) is 6.67. The number of hydrogen-bond acceptors (Lipinski definition) is 9. The Morgan fingerprint density at radius 3 is 1.45 bits per heavy atom. The molecule has 0 radical (unpaired) electrons. The first-order valence-electron chi connectivity index (χ1n) is 23.7. The molecular weight excluding hydrogens is 757 g/mol. The van der Waals surface area contributed by atoms with Gasteiger partial charge in [-0.15, -0.1) is 0 Å². The van der Waals surface area contributed by atoms with Crippen LogP contribution in [0.15, 0.2) is 85.1 Å². The smallest absolute Gasteiger partial charge is 0.306 e. The molecule has 1 rings (SSSR count). The van der Waals surface area contributed by atoms with Crippen molar-refractivity contribution in [2.24, 2.45) is 0 Å². The topological polar surface area (TPSA) is 135 Å². The average Bonchev–Trinajstić information content (AvgIpc) is 3.25. The van der Waals surface area contributed by atoms with Gasteiger partial charge in [-0.3, -0.25) is 4.79 Å². The Morgan fingerprint density at radius 2 is 0.967 bits per heavy atom. The number of hydrogen-bond donors (Lipinski definition) is 4. The molecule has 0 aliphatic carbocycles. The highest BCUT2D eigenvalue weighted by atomic mass is 16.7. The first kappa shape index (κ1) is 55.4. The summed E-state index contributed by atoms with van der Waals surface area (Å²) in [5, 5.41) is 40.2. The molecule has 0 aromatic heterocycles. The molecule has 1 saturated heterocycles. The van der Waals surface area contributed by atoms with Gasteiger partial charge in [0.05, 0.1) is 19.8 Å². The minimum Gasteiger partial charge on any atom is -0.457 e. The minimum absolute atomic E-state index is 0.127. The molecule has 4 N–H and O–H groups in total. The van der Waals surface area contributed by atoms with Crippen molar-refractivity contribution < 1.29 is 44.2 Å². The maximum atomic E-state index is 12.8. The zero-order valence-electron chi connectivity index (χ0n) is 37.7. The molecule has 6 atom stereocenters. The Bertz CT molecular complexity index is 1190. The van der Waals surface area contributed by atoms with Crippen molar-refractivity contribution >= 4 is 5.97 Å². The fraction of sp³-hybridized carbons (Fsp3) is 0.706. The maximum absolute atomic E-state index is 12.8. The van der Waals surface area contributed by atoms with Gasteiger partial charge in [-0.2, -0.15) is 0 Å². The second-order valence-corrected chi connectivity index (χ2v) is 15.8. The second kappa shape index (κ2) is 41.7. The number of aliphatic hydroxyl groups excluding tert-OH is 4. The molecule has 1 aliphatic heterocycles. The molecule has 0 bridgehead atoms. The summed E-state index contributed by atoms with van der Waals surface area (Å²) < 4.78 is 22.8. The average molecular weight is 843 g/mol. The Morgan fingerprint density at radius 1 is 0.533 bits per heavy atom. The lowest BCUT2D eigenvalue weighted by Crippen LogP contribution is -2.59. The van der Waals surface area contributed by atoms with E-state index in [1.165, 1.54) is 44.9 Å². The van der Waals surface area contributed by atoms with Crippen LogP contribution in [0.5, 0.6) is 0 Å². The van der Waals surface area contributed by atoms with E-state index in [0.29, 0.717) is 13.0 Å².